The first-order valence-electron chi connectivity index (χ1n) is 3.15. The molecule has 0 fully saturated rings. The van der Waals surface area contributed by atoms with Gasteiger partial charge in [-0.15, -0.1) is 0 Å². The number of carbonyl (C=O) groups is 1. The van der Waals surface area contributed by atoms with E-state index in [1.165, 1.54) is 0 Å². The zero-order valence-electron chi connectivity index (χ0n) is 5.45. The van der Waals surface area contributed by atoms with Gasteiger partial charge in [-0.3, -0.25) is 0 Å². The summed E-state index contributed by atoms with van der Waals surface area (Å²) in [4.78, 5) is 10.3. The van der Waals surface area contributed by atoms with Crippen molar-refractivity contribution in [3.05, 3.63) is 24.3 Å². The summed E-state index contributed by atoms with van der Waals surface area (Å²) in [6.07, 6.45) is 8.85. The van der Waals surface area contributed by atoms with E-state index in [4.69, 9.17) is 0 Å². The maximum Gasteiger partial charge on any atom is 0.127 e. The van der Waals surface area contributed by atoms with Crippen molar-refractivity contribution in [3.8, 4) is 0 Å². The number of hydrogen-bond donors (Lipinski definition) is 0. The molecule has 0 bridgehead atoms. The Bertz CT molecular complexity index is 156. The van der Waals surface area contributed by atoms with Crippen LogP contribution in [0, 0.1) is 11.8 Å². The monoisotopic (exact) mass is 122 g/mol. The average Bonchev–Trinajstić information content (AvgIpc) is 1.89. The molecule has 2 atom stereocenters. The summed E-state index contributed by atoms with van der Waals surface area (Å²) in [7, 11) is 0. The molecular weight excluding hydrogens is 112 g/mol. The fourth-order valence-corrected chi connectivity index (χ4v) is 0.905. The standard InChI is InChI=1S/C8H10O/c1-7-4-2-3-5-8(7)6-9/h2-8H,1H3/t7?,8-/m1/s1. The lowest BCUT2D eigenvalue weighted by atomic mass is 9.92. The molecule has 1 nitrogen and oxygen atoms in total. The van der Waals surface area contributed by atoms with Crippen LogP contribution in [0.1, 0.15) is 6.92 Å². The summed E-state index contributed by atoms with van der Waals surface area (Å²) >= 11 is 0. The normalized spacial score (nSPS) is 32.6. The van der Waals surface area contributed by atoms with E-state index >= 15 is 0 Å². The first-order valence-corrected chi connectivity index (χ1v) is 3.15. The van der Waals surface area contributed by atoms with Crippen LogP contribution in [0.15, 0.2) is 24.3 Å². The highest BCUT2D eigenvalue weighted by Crippen LogP contribution is 2.15. The largest absolute Gasteiger partial charge is 0.303 e. The molecular formula is C8H10O. The van der Waals surface area contributed by atoms with Crippen LogP contribution >= 0.6 is 0 Å². The van der Waals surface area contributed by atoms with E-state index in [9.17, 15) is 4.79 Å². The van der Waals surface area contributed by atoms with E-state index in [-0.39, 0.29) is 5.92 Å². The third-order valence-electron chi connectivity index (χ3n) is 1.62. The smallest absolute Gasteiger partial charge is 0.127 e. The molecule has 0 heterocycles. The Balaban J connectivity index is 2.65. The highest BCUT2D eigenvalue weighted by atomic mass is 16.1. The van der Waals surface area contributed by atoms with Gasteiger partial charge in [0.1, 0.15) is 6.29 Å². The van der Waals surface area contributed by atoms with Crippen molar-refractivity contribution in [2.75, 3.05) is 0 Å². The quantitative estimate of drug-likeness (QED) is 0.482. The highest BCUT2D eigenvalue weighted by molar-refractivity contribution is 5.58. The van der Waals surface area contributed by atoms with Gasteiger partial charge in [0, 0.05) is 5.92 Å². The minimum Gasteiger partial charge on any atom is -0.303 e. The number of hydrogen-bond acceptors (Lipinski definition) is 1. The molecule has 9 heavy (non-hydrogen) atoms. The lowest BCUT2D eigenvalue weighted by Crippen LogP contribution is -2.09. The molecule has 0 aliphatic heterocycles. The SMILES string of the molecule is CC1C=CC=C[C@@H]1C=O. The van der Waals surface area contributed by atoms with Gasteiger partial charge >= 0.3 is 0 Å². The van der Waals surface area contributed by atoms with Crippen LogP contribution in [-0.2, 0) is 4.79 Å². The molecule has 0 saturated heterocycles. The third kappa shape index (κ3) is 1.28. The number of rotatable bonds is 1. The van der Waals surface area contributed by atoms with Crippen molar-refractivity contribution < 1.29 is 4.79 Å². The molecule has 0 radical (unpaired) electrons. The molecule has 0 spiro atoms. The summed E-state index contributed by atoms with van der Waals surface area (Å²) in [5.41, 5.74) is 0. The first-order chi connectivity index (χ1) is 4.34. The van der Waals surface area contributed by atoms with Crippen LogP contribution in [0.2, 0.25) is 0 Å². The van der Waals surface area contributed by atoms with Gasteiger partial charge in [-0.2, -0.15) is 0 Å². The van der Waals surface area contributed by atoms with Crippen molar-refractivity contribution in [2.24, 2.45) is 11.8 Å². The zero-order chi connectivity index (χ0) is 6.69. The van der Waals surface area contributed by atoms with Gasteiger partial charge in [-0.25, -0.2) is 0 Å². The van der Waals surface area contributed by atoms with Gasteiger partial charge in [0.05, 0.1) is 0 Å². The van der Waals surface area contributed by atoms with E-state index in [1.54, 1.807) is 0 Å². The van der Waals surface area contributed by atoms with Crippen molar-refractivity contribution in [1.29, 1.82) is 0 Å². The van der Waals surface area contributed by atoms with Crippen LogP contribution in [0.25, 0.3) is 0 Å². The summed E-state index contributed by atoms with van der Waals surface area (Å²) in [6, 6.07) is 0. The molecule has 1 aliphatic rings. The number of aldehydes is 1. The van der Waals surface area contributed by atoms with Crippen LogP contribution in [0.5, 0.6) is 0 Å². The molecule has 0 aromatic carbocycles. The molecule has 48 valence electrons. The van der Waals surface area contributed by atoms with E-state index in [2.05, 4.69) is 0 Å². The molecule has 0 amide bonds. The summed E-state index contributed by atoms with van der Waals surface area (Å²) in [6.45, 7) is 2.04. The predicted octanol–water partition coefficient (Wildman–Crippen LogP) is 1.56. The molecule has 1 heteroatoms. The Hall–Kier alpha value is -0.850. The molecule has 0 N–H and O–H groups in total. The topological polar surface area (TPSA) is 17.1 Å². The molecule has 0 aromatic rings. The zero-order valence-corrected chi connectivity index (χ0v) is 5.45. The third-order valence-corrected chi connectivity index (χ3v) is 1.62. The average molecular weight is 122 g/mol. The molecule has 1 rings (SSSR count). The van der Waals surface area contributed by atoms with Crippen LogP contribution in [-0.4, -0.2) is 6.29 Å². The van der Waals surface area contributed by atoms with Crippen molar-refractivity contribution in [1.82, 2.24) is 0 Å². The van der Waals surface area contributed by atoms with Crippen LogP contribution in [0.4, 0.5) is 0 Å². The van der Waals surface area contributed by atoms with Gasteiger partial charge in [0.2, 0.25) is 0 Å². The summed E-state index contributed by atoms with van der Waals surface area (Å²) < 4.78 is 0. The minimum atomic E-state index is 0.106. The summed E-state index contributed by atoms with van der Waals surface area (Å²) in [5.74, 6) is 0.488. The Morgan fingerprint density at radius 2 is 2.00 bits per heavy atom. The van der Waals surface area contributed by atoms with Gasteiger partial charge < -0.3 is 4.79 Å². The fourth-order valence-electron chi connectivity index (χ4n) is 0.905. The van der Waals surface area contributed by atoms with E-state index in [0.29, 0.717) is 5.92 Å². The van der Waals surface area contributed by atoms with E-state index in [1.807, 2.05) is 31.2 Å². The second kappa shape index (κ2) is 2.62. The molecule has 0 aromatic heterocycles. The first kappa shape index (κ1) is 6.27. The van der Waals surface area contributed by atoms with Crippen molar-refractivity contribution >= 4 is 6.29 Å². The second-order valence-electron chi connectivity index (χ2n) is 2.34. The lowest BCUT2D eigenvalue weighted by Gasteiger charge is -2.12. The Kier molecular flexibility index (Phi) is 1.83. The van der Waals surface area contributed by atoms with Crippen molar-refractivity contribution in [3.63, 3.8) is 0 Å². The van der Waals surface area contributed by atoms with Gasteiger partial charge in [0.15, 0.2) is 0 Å². The molecule has 0 saturated carbocycles. The lowest BCUT2D eigenvalue weighted by molar-refractivity contribution is -0.110. The van der Waals surface area contributed by atoms with Gasteiger partial charge in [-0.05, 0) is 5.92 Å². The van der Waals surface area contributed by atoms with Crippen molar-refractivity contribution in [2.45, 2.75) is 6.92 Å². The van der Waals surface area contributed by atoms with E-state index in [0.717, 1.165) is 6.29 Å². The fraction of sp³-hybridized carbons (Fsp3) is 0.375. The Labute approximate surface area is 55.1 Å². The highest BCUT2D eigenvalue weighted by Gasteiger charge is 2.11. The van der Waals surface area contributed by atoms with Gasteiger partial charge in [0.25, 0.3) is 0 Å². The summed E-state index contributed by atoms with van der Waals surface area (Å²) in [5, 5.41) is 0. The number of allylic oxidation sites excluding steroid dienone is 4. The predicted molar refractivity (Wildman–Crippen MR) is 37.0 cm³/mol. The van der Waals surface area contributed by atoms with Crippen LogP contribution in [0.3, 0.4) is 0 Å². The maximum atomic E-state index is 10.3. The van der Waals surface area contributed by atoms with E-state index < -0.39 is 0 Å². The second-order valence-corrected chi connectivity index (χ2v) is 2.34. The molecule has 1 aliphatic carbocycles. The maximum absolute atomic E-state index is 10.3. The van der Waals surface area contributed by atoms with Crippen LogP contribution < -0.4 is 0 Å². The number of carbonyl (C=O) groups excluding carboxylic acids is 1. The Morgan fingerprint density at radius 1 is 1.33 bits per heavy atom. The molecule has 1 unspecified atom stereocenters. The minimum absolute atomic E-state index is 0.106. The van der Waals surface area contributed by atoms with Gasteiger partial charge in [-0.1, -0.05) is 31.2 Å². The Morgan fingerprint density at radius 3 is 2.44 bits per heavy atom.